The molecule has 1 fully saturated rings. The number of halogens is 3. The summed E-state index contributed by atoms with van der Waals surface area (Å²) in [5, 5.41) is 4.05. The molecule has 0 radical (unpaired) electrons. The first-order chi connectivity index (χ1) is 8.88. The Morgan fingerprint density at radius 3 is 2.37 bits per heavy atom. The van der Waals surface area contributed by atoms with Gasteiger partial charge < -0.3 is 5.32 Å². The Balaban J connectivity index is 2.06. The largest absolute Gasteiger partial charge is 0.418 e. The minimum absolute atomic E-state index is 0.191. The van der Waals surface area contributed by atoms with Gasteiger partial charge in [0.25, 0.3) is 0 Å². The quantitative estimate of drug-likeness (QED) is 0.869. The molecule has 0 aliphatic heterocycles. The lowest BCUT2D eigenvalue weighted by Crippen LogP contribution is -2.35. The highest BCUT2D eigenvalue weighted by molar-refractivity contribution is 6.02. The van der Waals surface area contributed by atoms with Crippen LogP contribution in [-0.4, -0.2) is 11.9 Å². The SMILES string of the molecule is O=C(NC(=O)C1CC1)Nc1ccccc1C(F)(F)F. The molecule has 0 unspecified atom stereocenters. The Morgan fingerprint density at radius 1 is 1.16 bits per heavy atom. The molecule has 0 saturated heterocycles. The Labute approximate surface area is 107 Å². The lowest BCUT2D eigenvalue weighted by Gasteiger charge is -2.13. The molecule has 2 rings (SSSR count). The molecule has 4 nitrogen and oxygen atoms in total. The van der Waals surface area contributed by atoms with Gasteiger partial charge in [0.05, 0.1) is 11.3 Å². The van der Waals surface area contributed by atoms with Gasteiger partial charge in [-0.05, 0) is 25.0 Å². The second-order valence-electron chi connectivity index (χ2n) is 4.26. The first kappa shape index (κ1) is 13.4. The number of urea groups is 1. The van der Waals surface area contributed by atoms with Crippen molar-refractivity contribution in [3.05, 3.63) is 29.8 Å². The standard InChI is InChI=1S/C12H11F3N2O2/c13-12(14,15)8-3-1-2-4-9(8)16-11(19)17-10(18)7-5-6-7/h1-4,7H,5-6H2,(H2,16,17,18,19). The van der Waals surface area contributed by atoms with E-state index in [4.69, 9.17) is 0 Å². The number of hydrogen-bond donors (Lipinski definition) is 2. The second kappa shape index (κ2) is 4.91. The first-order valence-electron chi connectivity index (χ1n) is 5.66. The van der Waals surface area contributed by atoms with E-state index in [2.05, 4.69) is 0 Å². The van der Waals surface area contributed by atoms with Crippen LogP contribution in [0.4, 0.5) is 23.7 Å². The monoisotopic (exact) mass is 272 g/mol. The van der Waals surface area contributed by atoms with E-state index < -0.39 is 23.7 Å². The molecule has 19 heavy (non-hydrogen) atoms. The van der Waals surface area contributed by atoms with E-state index in [-0.39, 0.29) is 11.6 Å². The number of benzene rings is 1. The van der Waals surface area contributed by atoms with Crippen LogP contribution in [0.5, 0.6) is 0 Å². The summed E-state index contributed by atoms with van der Waals surface area (Å²) in [6.07, 6.45) is -3.15. The summed E-state index contributed by atoms with van der Waals surface area (Å²) in [6.45, 7) is 0. The normalized spacial score (nSPS) is 14.9. The van der Waals surface area contributed by atoms with Gasteiger partial charge in [0.15, 0.2) is 0 Å². The van der Waals surface area contributed by atoms with Crippen molar-refractivity contribution in [3.63, 3.8) is 0 Å². The number of imide groups is 1. The molecule has 1 aromatic rings. The van der Waals surface area contributed by atoms with Crippen molar-refractivity contribution in [1.29, 1.82) is 0 Å². The maximum atomic E-state index is 12.7. The fourth-order valence-electron chi connectivity index (χ4n) is 1.55. The highest BCUT2D eigenvalue weighted by Gasteiger charge is 2.34. The number of para-hydroxylation sites is 1. The Bertz CT molecular complexity index is 510. The summed E-state index contributed by atoms with van der Waals surface area (Å²) in [5.41, 5.74) is -1.33. The zero-order chi connectivity index (χ0) is 14.0. The third-order valence-corrected chi connectivity index (χ3v) is 2.67. The number of alkyl halides is 3. The molecule has 0 aromatic heterocycles. The van der Waals surface area contributed by atoms with E-state index in [0.717, 1.165) is 12.1 Å². The van der Waals surface area contributed by atoms with Crippen LogP contribution in [-0.2, 0) is 11.0 Å². The van der Waals surface area contributed by atoms with Gasteiger partial charge in [0.2, 0.25) is 5.91 Å². The van der Waals surface area contributed by atoms with Gasteiger partial charge in [-0.1, -0.05) is 12.1 Å². The summed E-state index contributed by atoms with van der Waals surface area (Å²) in [6, 6.07) is 3.63. The molecule has 1 aliphatic rings. The van der Waals surface area contributed by atoms with Gasteiger partial charge in [-0.15, -0.1) is 0 Å². The van der Waals surface area contributed by atoms with E-state index in [1.54, 1.807) is 0 Å². The molecule has 102 valence electrons. The molecular formula is C12H11F3N2O2. The summed E-state index contributed by atoms with van der Waals surface area (Å²) in [7, 11) is 0. The topological polar surface area (TPSA) is 58.2 Å². The highest BCUT2D eigenvalue weighted by Crippen LogP contribution is 2.34. The minimum atomic E-state index is -4.57. The maximum absolute atomic E-state index is 12.7. The van der Waals surface area contributed by atoms with E-state index in [1.807, 2.05) is 10.6 Å². The van der Waals surface area contributed by atoms with Crippen LogP contribution in [0.1, 0.15) is 18.4 Å². The summed E-state index contributed by atoms with van der Waals surface area (Å²) in [4.78, 5) is 22.7. The van der Waals surface area contributed by atoms with Crippen molar-refractivity contribution in [2.75, 3.05) is 5.32 Å². The van der Waals surface area contributed by atoms with Crippen LogP contribution in [0, 0.1) is 5.92 Å². The third kappa shape index (κ3) is 3.46. The summed E-state index contributed by atoms with van der Waals surface area (Å²) >= 11 is 0. The fraction of sp³-hybridized carbons (Fsp3) is 0.333. The molecular weight excluding hydrogens is 261 g/mol. The van der Waals surface area contributed by atoms with Crippen molar-refractivity contribution in [2.24, 2.45) is 5.92 Å². The van der Waals surface area contributed by atoms with Crippen LogP contribution in [0.2, 0.25) is 0 Å². The third-order valence-electron chi connectivity index (χ3n) is 2.67. The zero-order valence-corrected chi connectivity index (χ0v) is 9.75. The number of carbonyl (C=O) groups excluding carboxylic acids is 2. The molecule has 0 bridgehead atoms. The lowest BCUT2D eigenvalue weighted by atomic mass is 10.1. The smallest absolute Gasteiger partial charge is 0.307 e. The molecule has 1 aromatic carbocycles. The number of hydrogen-bond acceptors (Lipinski definition) is 2. The maximum Gasteiger partial charge on any atom is 0.418 e. The molecule has 0 spiro atoms. The molecule has 7 heteroatoms. The highest BCUT2D eigenvalue weighted by atomic mass is 19.4. The molecule has 1 aliphatic carbocycles. The van der Waals surface area contributed by atoms with Crippen molar-refractivity contribution in [1.82, 2.24) is 5.32 Å². The van der Waals surface area contributed by atoms with Gasteiger partial charge in [-0.3, -0.25) is 10.1 Å². The molecule has 0 heterocycles. The van der Waals surface area contributed by atoms with Gasteiger partial charge in [-0.2, -0.15) is 13.2 Å². The van der Waals surface area contributed by atoms with Crippen molar-refractivity contribution < 1.29 is 22.8 Å². The Hall–Kier alpha value is -2.05. The van der Waals surface area contributed by atoms with Gasteiger partial charge >= 0.3 is 12.2 Å². The van der Waals surface area contributed by atoms with Gasteiger partial charge in [-0.25, -0.2) is 4.79 Å². The predicted octanol–water partition coefficient (Wildman–Crippen LogP) is 2.76. The van der Waals surface area contributed by atoms with Crippen molar-refractivity contribution in [3.8, 4) is 0 Å². The van der Waals surface area contributed by atoms with E-state index in [0.29, 0.717) is 12.8 Å². The van der Waals surface area contributed by atoms with Crippen LogP contribution in [0.3, 0.4) is 0 Å². The van der Waals surface area contributed by atoms with E-state index in [9.17, 15) is 22.8 Å². The summed E-state index contributed by atoms with van der Waals surface area (Å²) in [5.74, 6) is -0.648. The number of rotatable bonds is 2. The number of amides is 3. The van der Waals surface area contributed by atoms with Crippen molar-refractivity contribution >= 4 is 17.6 Å². The van der Waals surface area contributed by atoms with E-state index >= 15 is 0 Å². The average Bonchev–Trinajstić information content (AvgIpc) is 3.11. The van der Waals surface area contributed by atoms with Gasteiger partial charge in [0, 0.05) is 5.92 Å². The predicted molar refractivity (Wildman–Crippen MR) is 61.3 cm³/mol. The number of nitrogens with one attached hydrogen (secondary N) is 2. The first-order valence-corrected chi connectivity index (χ1v) is 5.66. The fourth-order valence-corrected chi connectivity index (χ4v) is 1.55. The lowest BCUT2D eigenvalue weighted by molar-refractivity contribution is -0.136. The molecule has 2 N–H and O–H groups in total. The van der Waals surface area contributed by atoms with Crippen LogP contribution in [0.25, 0.3) is 0 Å². The average molecular weight is 272 g/mol. The number of anilines is 1. The number of carbonyl (C=O) groups is 2. The second-order valence-corrected chi connectivity index (χ2v) is 4.26. The molecule has 1 saturated carbocycles. The van der Waals surface area contributed by atoms with Gasteiger partial charge in [0.1, 0.15) is 0 Å². The molecule has 3 amide bonds. The van der Waals surface area contributed by atoms with Crippen LogP contribution >= 0.6 is 0 Å². The van der Waals surface area contributed by atoms with E-state index in [1.165, 1.54) is 12.1 Å². The minimum Gasteiger partial charge on any atom is -0.307 e. The van der Waals surface area contributed by atoms with Crippen LogP contribution in [0.15, 0.2) is 24.3 Å². The zero-order valence-electron chi connectivity index (χ0n) is 9.75. The molecule has 0 atom stereocenters. The van der Waals surface area contributed by atoms with Crippen LogP contribution < -0.4 is 10.6 Å². The summed E-state index contributed by atoms with van der Waals surface area (Å²) < 4.78 is 38.0. The Morgan fingerprint density at radius 2 is 1.79 bits per heavy atom. The Kier molecular flexibility index (Phi) is 3.46. The van der Waals surface area contributed by atoms with Crippen molar-refractivity contribution in [2.45, 2.75) is 19.0 Å².